The number of carbonyl (C=O) groups excluding carboxylic acids is 3. The summed E-state index contributed by atoms with van der Waals surface area (Å²) in [6, 6.07) is 9.55. The summed E-state index contributed by atoms with van der Waals surface area (Å²) in [5.74, 6) is -0.893. The molecule has 0 saturated carbocycles. The van der Waals surface area contributed by atoms with E-state index in [4.69, 9.17) is 0 Å². The topological polar surface area (TPSA) is 70.0 Å². The minimum Gasteiger partial charge on any atom is -0.339 e. The number of fused-ring (bicyclic) bond motifs is 1. The predicted molar refractivity (Wildman–Crippen MR) is 107 cm³/mol. The number of imide groups is 1. The van der Waals surface area contributed by atoms with E-state index < -0.39 is 11.9 Å². The highest BCUT2D eigenvalue weighted by Gasteiger charge is 2.35. The van der Waals surface area contributed by atoms with Crippen molar-refractivity contribution < 1.29 is 14.4 Å². The summed E-state index contributed by atoms with van der Waals surface area (Å²) in [4.78, 5) is 44.1. The van der Waals surface area contributed by atoms with Crippen molar-refractivity contribution in [2.24, 2.45) is 10.9 Å². The summed E-state index contributed by atoms with van der Waals surface area (Å²) in [6.45, 7) is 1.25. The first-order valence-electron chi connectivity index (χ1n) is 9.44. The number of carbonyl (C=O) groups is 3. The fourth-order valence-corrected chi connectivity index (χ4v) is 3.66. The molecule has 6 heteroatoms. The van der Waals surface area contributed by atoms with E-state index in [1.807, 2.05) is 18.2 Å². The van der Waals surface area contributed by atoms with E-state index in [2.05, 4.69) is 23.2 Å². The van der Waals surface area contributed by atoms with Gasteiger partial charge in [-0.1, -0.05) is 54.6 Å². The van der Waals surface area contributed by atoms with Crippen LogP contribution in [0.5, 0.6) is 0 Å². The number of hydrogen-bond donors (Lipinski definition) is 0. The number of urea groups is 1. The molecule has 2 heterocycles. The number of allylic oxidation sites excluding steroid dienone is 3. The number of aliphatic imine (C=N–C) groups is 1. The Labute approximate surface area is 163 Å². The van der Waals surface area contributed by atoms with Gasteiger partial charge >= 0.3 is 6.03 Å². The molecule has 0 spiro atoms. The molecular weight excluding hydrogens is 354 g/mol. The fourth-order valence-electron chi connectivity index (χ4n) is 3.66. The fraction of sp³-hybridized carbons (Fsp3) is 0.273. The van der Waals surface area contributed by atoms with Crippen LogP contribution in [0.3, 0.4) is 0 Å². The van der Waals surface area contributed by atoms with E-state index in [1.54, 1.807) is 29.2 Å². The number of benzene rings is 1. The third-order valence-electron chi connectivity index (χ3n) is 5.24. The summed E-state index contributed by atoms with van der Waals surface area (Å²) in [5, 5.41) is 0. The second-order valence-electron chi connectivity index (χ2n) is 6.97. The predicted octanol–water partition coefficient (Wildman–Crippen LogP) is 2.84. The van der Waals surface area contributed by atoms with Crippen molar-refractivity contribution in [2.45, 2.75) is 12.8 Å². The van der Waals surface area contributed by atoms with Gasteiger partial charge in [0, 0.05) is 26.1 Å². The maximum absolute atomic E-state index is 12.6. The third-order valence-corrected chi connectivity index (χ3v) is 5.24. The molecule has 0 fully saturated rings. The summed E-state index contributed by atoms with van der Waals surface area (Å²) in [5.41, 5.74) is 2.89. The largest absolute Gasteiger partial charge is 0.350 e. The lowest BCUT2D eigenvalue weighted by Crippen LogP contribution is -2.47. The van der Waals surface area contributed by atoms with Crippen molar-refractivity contribution in [3.8, 4) is 0 Å². The maximum atomic E-state index is 12.6. The summed E-state index contributed by atoms with van der Waals surface area (Å²) in [6.07, 6.45) is 9.90. The van der Waals surface area contributed by atoms with Gasteiger partial charge in [-0.15, -0.1) is 0 Å². The van der Waals surface area contributed by atoms with E-state index in [1.165, 1.54) is 11.1 Å². The lowest BCUT2D eigenvalue weighted by Gasteiger charge is -2.30. The van der Waals surface area contributed by atoms with Gasteiger partial charge < -0.3 is 4.90 Å². The Kier molecular flexibility index (Phi) is 5.02. The quantitative estimate of drug-likeness (QED) is 0.813. The monoisotopic (exact) mass is 375 g/mol. The van der Waals surface area contributed by atoms with Crippen LogP contribution in [-0.2, 0) is 9.59 Å². The van der Waals surface area contributed by atoms with Gasteiger partial charge in [-0.3, -0.25) is 14.5 Å². The van der Waals surface area contributed by atoms with Gasteiger partial charge in [0.25, 0.3) is 0 Å². The van der Waals surface area contributed by atoms with Gasteiger partial charge in [-0.05, 0) is 23.6 Å². The zero-order valence-corrected chi connectivity index (χ0v) is 15.5. The highest BCUT2D eigenvalue weighted by molar-refractivity contribution is 6.21. The number of hydrogen-bond acceptors (Lipinski definition) is 3. The first kappa shape index (κ1) is 18.1. The van der Waals surface area contributed by atoms with Crippen LogP contribution in [0.1, 0.15) is 18.4 Å². The van der Waals surface area contributed by atoms with Gasteiger partial charge in [0.05, 0.1) is 11.6 Å². The Morgan fingerprint density at radius 1 is 1.14 bits per heavy atom. The minimum atomic E-state index is -0.589. The molecule has 0 aromatic heterocycles. The van der Waals surface area contributed by atoms with Crippen LogP contribution in [0, 0.1) is 5.92 Å². The average Bonchev–Trinajstić information content (AvgIpc) is 2.74. The molecule has 4 rings (SSSR count). The normalized spacial score (nSPS) is 21.4. The molecule has 1 aliphatic carbocycles. The molecule has 28 heavy (non-hydrogen) atoms. The van der Waals surface area contributed by atoms with Crippen molar-refractivity contribution in [1.29, 1.82) is 0 Å². The van der Waals surface area contributed by atoms with Crippen LogP contribution in [0.4, 0.5) is 4.79 Å². The number of rotatable bonds is 4. The molecule has 0 radical (unpaired) electrons. The molecular formula is C22H21N3O3. The van der Waals surface area contributed by atoms with E-state index in [0.717, 1.165) is 11.3 Å². The Bertz CT molecular complexity index is 928. The first-order chi connectivity index (χ1) is 13.6. The molecule has 0 saturated heterocycles. The summed E-state index contributed by atoms with van der Waals surface area (Å²) < 4.78 is 0. The molecule has 1 unspecified atom stereocenters. The molecule has 2 aliphatic heterocycles. The molecule has 6 nitrogen and oxygen atoms in total. The second kappa shape index (κ2) is 7.76. The minimum absolute atomic E-state index is 0.0576. The third kappa shape index (κ3) is 3.58. The Morgan fingerprint density at radius 3 is 2.71 bits per heavy atom. The van der Waals surface area contributed by atoms with Crippen LogP contribution < -0.4 is 0 Å². The average molecular weight is 375 g/mol. The number of nitrogens with zero attached hydrogens (tertiary/aromatic N) is 3. The van der Waals surface area contributed by atoms with Crippen molar-refractivity contribution in [3.05, 3.63) is 66.3 Å². The van der Waals surface area contributed by atoms with E-state index in [0.29, 0.717) is 18.8 Å². The highest BCUT2D eigenvalue weighted by Crippen LogP contribution is 2.23. The number of amides is 4. The van der Waals surface area contributed by atoms with Gasteiger partial charge in [-0.25, -0.2) is 4.79 Å². The van der Waals surface area contributed by atoms with E-state index in [-0.39, 0.29) is 24.8 Å². The molecule has 4 amide bonds. The highest BCUT2D eigenvalue weighted by atomic mass is 16.2. The molecule has 0 N–H and O–H groups in total. The Hall–Kier alpha value is -3.28. The summed E-state index contributed by atoms with van der Waals surface area (Å²) >= 11 is 0. The van der Waals surface area contributed by atoms with Crippen LogP contribution in [0.25, 0.3) is 5.57 Å². The van der Waals surface area contributed by atoms with E-state index >= 15 is 0 Å². The smallest absolute Gasteiger partial charge is 0.339 e. The molecule has 1 aromatic rings. The van der Waals surface area contributed by atoms with Crippen LogP contribution in [0.2, 0.25) is 0 Å². The molecule has 1 aromatic carbocycles. The summed E-state index contributed by atoms with van der Waals surface area (Å²) in [7, 11) is 0. The second-order valence-corrected chi connectivity index (χ2v) is 6.97. The van der Waals surface area contributed by atoms with Gasteiger partial charge in [0.15, 0.2) is 0 Å². The maximum Gasteiger partial charge on any atom is 0.350 e. The van der Waals surface area contributed by atoms with Crippen LogP contribution in [0.15, 0.2) is 65.7 Å². The van der Waals surface area contributed by atoms with Gasteiger partial charge in [0.1, 0.15) is 0 Å². The van der Waals surface area contributed by atoms with Crippen LogP contribution in [-0.4, -0.2) is 53.0 Å². The molecule has 3 aliphatic rings. The zero-order valence-electron chi connectivity index (χ0n) is 15.5. The Balaban J connectivity index is 1.35. The molecule has 142 valence electrons. The lowest BCUT2D eigenvalue weighted by atomic mass is 9.95. The first-order valence-corrected chi connectivity index (χ1v) is 9.44. The SMILES string of the molecule is O=C(CCN1C(=O)N=C2C=CC=CC2C1=O)N1CC=C(c2ccccc2)CC1. The van der Waals surface area contributed by atoms with Crippen LogP contribution >= 0.6 is 0 Å². The lowest BCUT2D eigenvalue weighted by molar-refractivity contribution is -0.132. The van der Waals surface area contributed by atoms with Gasteiger partial charge in [0.2, 0.25) is 11.8 Å². The van der Waals surface area contributed by atoms with Gasteiger partial charge in [-0.2, -0.15) is 4.99 Å². The van der Waals surface area contributed by atoms with Crippen molar-refractivity contribution in [2.75, 3.05) is 19.6 Å². The Morgan fingerprint density at radius 2 is 1.96 bits per heavy atom. The molecule has 1 atom stereocenters. The zero-order chi connectivity index (χ0) is 19.5. The van der Waals surface area contributed by atoms with Crippen molar-refractivity contribution >= 4 is 29.1 Å². The van der Waals surface area contributed by atoms with E-state index in [9.17, 15) is 14.4 Å². The standard InChI is InChI=1S/C22H21N3O3/c26-20(24-13-10-17(11-14-24)16-6-2-1-3-7-16)12-15-25-21(27)18-8-4-5-9-19(18)23-22(25)28/h1-10,18H,11-15H2. The van der Waals surface area contributed by atoms with Crippen molar-refractivity contribution in [1.82, 2.24) is 9.80 Å². The molecule has 0 bridgehead atoms. The van der Waals surface area contributed by atoms with Crippen molar-refractivity contribution in [3.63, 3.8) is 0 Å².